The highest BCUT2D eigenvalue weighted by Gasteiger charge is 2.29. The van der Waals surface area contributed by atoms with Gasteiger partial charge in [-0.1, -0.05) is 12.1 Å². The van der Waals surface area contributed by atoms with Crippen molar-refractivity contribution in [2.45, 2.75) is 19.1 Å². The fourth-order valence-corrected chi connectivity index (χ4v) is 2.54. The third kappa shape index (κ3) is 2.73. The van der Waals surface area contributed by atoms with Gasteiger partial charge in [0.05, 0.1) is 5.56 Å². The summed E-state index contributed by atoms with van der Waals surface area (Å²) >= 11 is 1.50. The molecule has 0 aliphatic heterocycles. The van der Waals surface area contributed by atoms with Gasteiger partial charge in [-0.05, 0) is 36.8 Å². The van der Waals surface area contributed by atoms with E-state index in [1.807, 2.05) is 19.1 Å². The number of hydrogen-bond acceptors (Lipinski definition) is 2. The number of nitrogens with two attached hydrogens (primary N) is 1. The minimum Gasteiger partial charge on any atom is -0.324 e. The second kappa shape index (κ2) is 4.74. The summed E-state index contributed by atoms with van der Waals surface area (Å²) in [6.07, 6.45) is -4.29. The third-order valence-electron chi connectivity index (χ3n) is 2.57. The van der Waals surface area contributed by atoms with Crippen molar-refractivity contribution in [3.05, 3.63) is 46.8 Å². The van der Waals surface area contributed by atoms with E-state index in [1.54, 1.807) is 0 Å². The Labute approximate surface area is 107 Å². The smallest absolute Gasteiger partial charge is 0.324 e. The molecule has 0 unspecified atom stereocenters. The van der Waals surface area contributed by atoms with Crippen LogP contribution in [0.4, 0.5) is 13.2 Å². The summed E-state index contributed by atoms with van der Waals surface area (Å²) in [5.41, 5.74) is 5.90. The maximum atomic E-state index is 12.4. The molecule has 0 aliphatic rings. The largest absolute Gasteiger partial charge is 0.416 e. The molecule has 18 heavy (non-hydrogen) atoms. The summed E-state index contributed by atoms with van der Waals surface area (Å²) in [7, 11) is 0. The fraction of sp³-hybridized carbons (Fsp3) is 0.231. The minimum atomic E-state index is -4.29. The van der Waals surface area contributed by atoms with Gasteiger partial charge in [0.1, 0.15) is 0 Å². The van der Waals surface area contributed by atoms with Crippen molar-refractivity contribution in [1.29, 1.82) is 0 Å². The van der Waals surface area contributed by atoms with Crippen LogP contribution in [0.2, 0.25) is 0 Å². The van der Waals surface area contributed by atoms with E-state index in [9.17, 15) is 13.2 Å². The monoisotopic (exact) mass is 271 g/mol. The molecule has 0 saturated heterocycles. The van der Waals surface area contributed by atoms with Gasteiger partial charge in [0, 0.05) is 15.8 Å². The Kier molecular flexibility index (Phi) is 3.45. The summed E-state index contributed by atoms with van der Waals surface area (Å²) in [5.74, 6) is 0. The molecule has 0 saturated carbocycles. The van der Waals surface area contributed by atoms with E-state index >= 15 is 0 Å². The first-order valence-electron chi connectivity index (χ1n) is 5.41. The molecule has 0 bridgehead atoms. The topological polar surface area (TPSA) is 26.0 Å². The quantitative estimate of drug-likeness (QED) is 0.857. The van der Waals surface area contributed by atoms with Gasteiger partial charge in [0.15, 0.2) is 0 Å². The molecule has 0 spiro atoms. The predicted octanol–water partition coefficient (Wildman–Crippen LogP) is 4.45. The fourth-order valence-electron chi connectivity index (χ4n) is 1.58. The molecule has 0 radical (unpaired) electrons. The molecule has 2 aromatic rings. The van der Waals surface area contributed by atoms with Gasteiger partial charge in [-0.3, -0.25) is 0 Å². The highest BCUT2D eigenvalue weighted by molar-refractivity contribution is 7.15. The lowest BCUT2D eigenvalue weighted by Crippen LogP contribution is -2.03. The Balaban J connectivity index is 2.29. The Morgan fingerprint density at radius 2 is 1.67 bits per heavy atom. The predicted molar refractivity (Wildman–Crippen MR) is 67.4 cm³/mol. The third-order valence-corrected chi connectivity index (χ3v) is 3.91. The molecule has 2 rings (SSSR count). The Bertz CT molecular complexity index is 526. The molecule has 2 N–H and O–H groups in total. The average Bonchev–Trinajstić information content (AvgIpc) is 2.77. The van der Waals surface area contributed by atoms with E-state index in [0.717, 1.165) is 27.5 Å². The first-order valence-corrected chi connectivity index (χ1v) is 6.22. The van der Waals surface area contributed by atoms with Crippen molar-refractivity contribution in [2.75, 3.05) is 0 Å². The summed E-state index contributed by atoms with van der Waals surface area (Å²) < 4.78 is 37.3. The van der Waals surface area contributed by atoms with Crippen LogP contribution in [0, 0.1) is 0 Å². The maximum absolute atomic E-state index is 12.4. The van der Waals surface area contributed by atoms with E-state index in [-0.39, 0.29) is 6.04 Å². The first-order chi connectivity index (χ1) is 8.38. The van der Waals surface area contributed by atoms with Gasteiger partial charge >= 0.3 is 6.18 Å². The number of benzene rings is 1. The van der Waals surface area contributed by atoms with Crippen molar-refractivity contribution in [2.24, 2.45) is 5.73 Å². The number of alkyl halides is 3. The zero-order chi connectivity index (χ0) is 13.3. The molecule has 96 valence electrons. The summed E-state index contributed by atoms with van der Waals surface area (Å²) in [5, 5.41) is 0. The van der Waals surface area contributed by atoms with Gasteiger partial charge in [0.2, 0.25) is 0 Å². The maximum Gasteiger partial charge on any atom is 0.416 e. The van der Waals surface area contributed by atoms with Gasteiger partial charge in [-0.15, -0.1) is 11.3 Å². The van der Waals surface area contributed by atoms with Crippen molar-refractivity contribution in [1.82, 2.24) is 0 Å². The van der Waals surface area contributed by atoms with E-state index in [1.165, 1.54) is 23.5 Å². The van der Waals surface area contributed by atoms with Crippen LogP contribution < -0.4 is 5.73 Å². The zero-order valence-corrected chi connectivity index (χ0v) is 10.5. The van der Waals surface area contributed by atoms with Gasteiger partial charge in [-0.2, -0.15) is 13.2 Å². The minimum absolute atomic E-state index is 0.0572. The van der Waals surface area contributed by atoms with Crippen molar-refractivity contribution < 1.29 is 13.2 Å². The number of hydrogen-bond donors (Lipinski definition) is 1. The van der Waals surface area contributed by atoms with Crippen LogP contribution in [0.25, 0.3) is 10.4 Å². The van der Waals surface area contributed by atoms with Crippen molar-refractivity contribution in [3.63, 3.8) is 0 Å². The average molecular weight is 271 g/mol. The molecule has 0 fully saturated rings. The molecule has 0 aliphatic carbocycles. The summed E-state index contributed by atoms with van der Waals surface area (Å²) in [6, 6.07) is 8.90. The van der Waals surface area contributed by atoms with Gasteiger partial charge in [0.25, 0.3) is 0 Å². The Morgan fingerprint density at radius 3 is 2.11 bits per heavy atom. The molecule has 0 amide bonds. The van der Waals surface area contributed by atoms with E-state index in [4.69, 9.17) is 5.73 Å². The van der Waals surface area contributed by atoms with Crippen LogP contribution in [0.3, 0.4) is 0 Å². The molecule has 1 aromatic heterocycles. The molecule has 1 nitrogen and oxygen atoms in total. The number of thiophene rings is 1. The summed E-state index contributed by atoms with van der Waals surface area (Å²) in [6.45, 7) is 1.88. The Morgan fingerprint density at radius 1 is 1.06 bits per heavy atom. The van der Waals surface area contributed by atoms with Crippen LogP contribution in [0.5, 0.6) is 0 Å². The van der Waals surface area contributed by atoms with Crippen LogP contribution in [0.1, 0.15) is 23.4 Å². The lowest BCUT2D eigenvalue weighted by molar-refractivity contribution is -0.137. The molecular formula is C13H12F3NS. The summed E-state index contributed by atoms with van der Waals surface area (Å²) in [4.78, 5) is 1.95. The van der Waals surface area contributed by atoms with E-state index in [2.05, 4.69) is 0 Å². The van der Waals surface area contributed by atoms with E-state index < -0.39 is 11.7 Å². The van der Waals surface area contributed by atoms with Crippen LogP contribution >= 0.6 is 11.3 Å². The molecular weight excluding hydrogens is 259 g/mol. The highest BCUT2D eigenvalue weighted by Crippen LogP contribution is 2.34. The van der Waals surface area contributed by atoms with E-state index in [0.29, 0.717) is 0 Å². The van der Waals surface area contributed by atoms with Crippen molar-refractivity contribution in [3.8, 4) is 10.4 Å². The molecule has 1 heterocycles. The van der Waals surface area contributed by atoms with Gasteiger partial charge < -0.3 is 5.73 Å². The highest BCUT2D eigenvalue weighted by atomic mass is 32.1. The molecule has 5 heteroatoms. The normalized spacial score (nSPS) is 13.6. The van der Waals surface area contributed by atoms with Crippen LogP contribution in [-0.2, 0) is 6.18 Å². The lowest BCUT2D eigenvalue weighted by Gasteiger charge is -2.06. The van der Waals surface area contributed by atoms with Crippen LogP contribution in [-0.4, -0.2) is 0 Å². The van der Waals surface area contributed by atoms with Gasteiger partial charge in [-0.25, -0.2) is 0 Å². The standard InChI is InChI=1S/C13H12F3NS/c1-8(17)11-6-7-12(18-11)9-2-4-10(5-3-9)13(14,15)16/h2-8H,17H2,1H3/t8-/m1/s1. The second-order valence-electron chi connectivity index (χ2n) is 4.07. The van der Waals surface area contributed by atoms with Crippen molar-refractivity contribution >= 4 is 11.3 Å². The first kappa shape index (κ1) is 13.1. The lowest BCUT2D eigenvalue weighted by atomic mass is 10.1. The number of rotatable bonds is 2. The molecule has 1 atom stereocenters. The molecule has 1 aromatic carbocycles. The number of halogens is 3. The zero-order valence-electron chi connectivity index (χ0n) is 9.66. The second-order valence-corrected chi connectivity index (χ2v) is 5.18. The Hall–Kier alpha value is -1.33. The van der Waals surface area contributed by atoms with Crippen LogP contribution in [0.15, 0.2) is 36.4 Å². The SMILES string of the molecule is C[C@@H](N)c1ccc(-c2ccc(C(F)(F)F)cc2)s1.